The second kappa shape index (κ2) is 8.73. The Labute approximate surface area is 212 Å². The summed E-state index contributed by atoms with van der Waals surface area (Å²) in [6, 6.07) is 3.07. The summed E-state index contributed by atoms with van der Waals surface area (Å²) in [7, 11) is 0. The molecule has 1 aliphatic carbocycles. The average molecular weight is 513 g/mol. The molecule has 11 heteroatoms. The van der Waals surface area contributed by atoms with Gasteiger partial charge in [0.05, 0.1) is 23.1 Å². The van der Waals surface area contributed by atoms with Crippen molar-refractivity contribution in [3.05, 3.63) is 39.4 Å². The van der Waals surface area contributed by atoms with Gasteiger partial charge < -0.3 is 29.4 Å². The van der Waals surface area contributed by atoms with Crippen LogP contribution in [0, 0.1) is 23.1 Å². The first kappa shape index (κ1) is 25.0. The number of aromatic nitrogens is 1. The summed E-state index contributed by atoms with van der Waals surface area (Å²) in [6.07, 6.45) is 2.94. The van der Waals surface area contributed by atoms with Crippen LogP contribution in [0.4, 0.5) is 14.9 Å². The lowest BCUT2D eigenvalue weighted by atomic mass is 9.91. The number of hydrogen-bond donors (Lipinski definition) is 2. The molecule has 2 aliphatic heterocycles. The van der Waals surface area contributed by atoms with Gasteiger partial charge in [-0.25, -0.2) is 14.0 Å². The molecule has 0 spiro atoms. The fraction of sp³-hybridized carbons (Fsp3) is 0.538. The van der Waals surface area contributed by atoms with Crippen LogP contribution in [0.2, 0.25) is 0 Å². The summed E-state index contributed by atoms with van der Waals surface area (Å²) in [5.74, 6) is -2.20. The summed E-state index contributed by atoms with van der Waals surface area (Å²) < 4.78 is 28.7. The number of nitrogens with one attached hydrogen (secondary N) is 1. The van der Waals surface area contributed by atoms with E-state index in [-0.39, 0.29) is 47.2 Å². The fourth-order valence-corrected chi connectivity index (χ4v) is 5.52. The van der Waals surface area contributed by atoms with Crippen LogP contribution in [0.3, 0.4) is 0 Å². The maximum Gasteiger partial charge on any atom is 0.407 e. The number of benzene rings is 1. The molecular weight excluding hydrogens is 483 g/mol. The van der Waals surface area contributed by atoms with Gasteiger partial charge >= 0.3 is 12.1 Å². The van der Waals surface area contributed by atoms with Gasteiger partial charge in [-0.05, 0) is 46.1 Å². The number of rotatable bonds is 5. The first-order valence-corrected chi connectivity index (χ1v) is 12.3. The largest absolute Gasteiger partial charge is 0.477 e. The highest BCUT2D eigenvalue weighted by Crippen LogP contribution is 2.44. The summed E-state index contributed by atoms with van der Waals surface area (Å²) in [5, 5.41) is 22.3. The van der Waals surface area contributed by atoms with E-state index in [0.29, 0.717) is 19.6 Å². The van der Waals surface area contributed by atoms with Crippen molar-refractivity contribution in [3.63, 3.8) is 0 Å². The molecule has 1 aromatic carbocycles. The number of carboxylic acid groups (broad SMARTS) is 1. The van der Waals surface area contributed by atoms with Crippen molar-refractivity contribution in [2.45, 2.75) is 57.3 Å². The topological polar surface area (TPSA) is 134 Å². The molecule has 196 valence electrons. The van der Waals surface area contributed by atoms with E-state index in [2.05, 4.69) is 11.4 Å². The molecule has 0 radical (unpaired) electrons. The van der Waals surface area contributed by atoms with Gasteiger partial charge in [-0.2, -0.15) is 5.26 Å². The van der Waals surface area contributed by atoms with E-state index >= 15 is 4.39 Å². The average Bonchev–Trinajstić information content (AvgIpc) is 3.48. The molecule has 1 aromatic heterocycles. The number of ether oxygens (including phenoxy) is 2. The van der Waals surface area contributed by atoms with Gasteiger partial charge in [-0.15, -0.1) is 0 Å². The number of carbonyl (C=O) groups excluding carboxylic acids is 1. The van der Waals surface area contributed by atoms with Gasteiger partial charge in [0.2, 0.25) is 5.43 Å². The minimum atomic E-state index is -1.40. The highest BCUT2D eigenvalue weighted by Gasteiger charge is 2.52. The summed E-state index contributed by atoms with van der Waals surface area (Å²) in [4.78, 5) is 38.6. The number of halogens is 1. The molecule has 10 nitrogen and oxygen atoms in total. The van der Waals surface area contributed by atoms with Crippen LogP contribution in [0.15, 0.2) is 17.1 Å². The molecule has 37 heavy (non-hydrogen) atoms. The maximum absolute atomic E-state index is 15.7. The van der Waals surface area contributed by atoms with Gasteiger partial charge in [0.1, 0.15) is 34.2 Å². The lowest BCUT2D eigenvalue weighted by Gasteiger charge is -2.30. The van der Waals surface area contributed by atoms with Gasteiger partial charge in [0, 0.05) is 37.9 Å². The van der Waals surface area contributed by atoms with Gasteiger partial charge in [-0.3, -0.25) is 4.79 Å². The van der Waals surface area contributed by atoms with Crippen LogP contribution in [-0.2, 0) is 9.47 Å². The Morgan fingerprint density at radius 2 is 2.08 bits per heavy atom. The van der Waals surface area contributed by atoms with Crippen molar-refractivity contribution in [2.24, 2.45) is 5.92 Å². The number of fused-ring (bicyclic) bond motifs is 2. The highest BCUT2D eigenvalue weighted by molar-refractivity contribution is 5.96. The molecule has 2 unspecified atom stereocenters. The third kappa shape index (κ3) is 4.39. The minimum absolute atomic E-state index is 0.00818. The van der Waals surface area contributed by atoms with Crippen LogP contribution in [0.5, 0.6) is 0 Å². The molecule has 3 aliphatic rings. The minimum Gasteiger partial charge on any atom is -0.477 e. The van der Waals surface area contributed by atoms with Crippen LogP contribution in [0.25, 0.3) is 10.9 Å². The molecule has 2 atom stereocenters. The Balaban J connectivity index is 1.54. The number of alkyl carbamates (subject to hydrolysis) is 1. The maximum atomic E-state index is 15.7. The molecule has 3 fully saturated rings. The lowest BCUT2D eigenvalue weighted by Crippen LogP contribution is -2.49. The predicted octanol–water partition coefficient (Wildman–Crippen LogP) is 3.17. The SMILES string of the molecule is CC(C)(C)OC(=O)NCC12CN(c3c(F)cc4c(=O)c(C(=O)O)cn(C5CC5)c4c3C#N)CC1CCO2. The summed E-state index contributed by atoms with van der Waals surface area (Å²) >= 11 is 0. The van der Waals surface area contributed by atoms with Crippen molar-refractivity contribution in [1.82, 2.24) is 9.88 Å². The number of hydrogen-bond acceptors (Lipinski definition) is 7. The number of aromatic carboxylic acids is 1. The molecule has 2 saturated heterocycles. The van der Waals surface area contributed by atoms with E-state index in [1.54, 1.807) is 30.2 Å². The molecule has 1 saturated carbocycles. The molecule has 1 amide bonds. The van der Waals surface area contributed by atoms with Crippen molar-refractivity contribution in [2.75, 3.05) is 31.1 Å². The number of nitrogens with zero attached hydrogens (tertiary/aromatic N) is 3. The van der Waals surface area contributed by atoms with E-state index in [9.17, 15) is 24.8 Å². The number of nitriles is 1. The van der Waals surface area contributed by atoms with Gasteiger partial charge in [0.25, 0.3) is 0 Å². The Kier molecular flexibility index (Phi) is 5.90. The quantitative estimate of drug-likeness (QED) is 0.624. The summed E-state index contributed by atoms with van der Waals surface area (Å²) in [5.41, 5.74) is -2.42. The van der Waals surface area contributed by atoms with Crippen molar-refractivity contribution >= 4 is 28.7 Å². The second-order valence-electron chi connectivity index (χ2n) is 11.0. The normalized spacial score (nSPS) is 23.1. The van der Waals surface area contributed by atoms with E-state index in [0.717, 1.165) is 18.9 Å². The number of pyridine rings is 1. The third-order valence-electron chi connectivity index (χ3n) is 7.27. The van der Waals surface area contributed by atoms with E-state index in [1.165, 1.54) is 6.20 Å². The molecule has 5 rings (SSSR count). The fourth-order valence-electron chi connectivity index (χ4n) is 5.52. The van der Waals surface area contributed by atoms with Crippen molar-refractivity contribution in [3.8, 4) is 6.07 Å². The van der Waals surface area contributed by atoms with Crippen LogP contribution < -0.4 is 15.6 Å². The Morgan fingerprint density at radius 1 is 1.35 bits per heavy atom. The molecule has 2 aromatic rings. The molecule has 2 N–H and O–H groups in total. The Morgan fingerprint density at radius 3 is 2.70 bits per heavy atom. The number of carbonyl (C=O) groups is 2. The molecule has 3 heterocycles. The van der Waals surface area contributed by atoms with Crippen molar-refractivity contribution in [1.29, 1.82) is 5.26 Å². The van der Waals surface area contributed by atoms with Gasteiger partial charge in [-0.1, -0.05) is 0 Å². The van der Waals surface area contributed by atoms with Crippen LogP contribution in [-0.4, -0.2) is 59.2 Å². The monoisotopic (exact) mass is 512 g/mol. The highest BCUT2D eigenvalue weighted by atomic mass is 19.1. The number of anilines is 1. The molecular formula is C26H29FN4O6. The number of amides is 1. The zero-order valence-electron chi connectivity index (χ0n) is 21.0. The Bertz CT molecular complexity index is 1400. The lowest BCUT2D eigenvalue weighted by molar-refractivity contribution is -0.000271. The van der Waals surface area contributed by atoms with Crippen LogP contribution in [0.1, 0.15) is 62.0 Å². The second-order valence-corrected chi connectivity index (χ2v) is 11.0. The van der Waals surface area contributed by atoms with E-state index in [4.69, 9.17) is 9.47 Å². The number of carboxylic acids is 1. The first-order chi connectivity index (χ1) is 17.4. The third-order valence-corrected chi connectivity index (χ3v) is 7.27. The zero-order valence-corrected chi connectivity index (χ0v) is 21.0. The van der Waals surface area contributed by atoms with Crippen molar-refractivity contribution < 1.29 is 28.6 Å². The van der Waals surface area contributed by atoms with E-state index < -0.39 is 40.1 Å². The summed E-state index contributed by atoms with van der Waals surface area (Å²) in [6.45, 7) is 6.59. The van der Waals surface area contributed by atoms with Crippen LogP contribution >= 0.6 is 0 Å². The zero-order chi connectivity index (χ0) is 26.7. The standard InChI is InChI=1S/C26H29FN4O6/c1-25(2,3)37-24(35)29-12-26-13-30(10-14(26)6-7-36-26)21-17(9-28)20-16(8-19(21)27)22(32)18(23(33)34)11-31(20)15-4-5-15/h8,11,14-15H,4-7,10,12-13H2,1-3H3,(H,29,35)(H,33,34). The predicted molar refractivity (Wildman–Crippen MR) is 131 cm³/mol. The van der Waals surface area contributed by atoms with Gasteiger partial charge in [0.15, 0.2) is 0 Å². The van der Waals surface area contributed by atoms with E-state index in [1.807, 2.05) is 0 Å². The molecule has 0 bridgehead atoms. The smallest absolute Gasteiger partial charge is 0.407 e. The first-order valence-electron chi connectivity index (χ1n) is 12.3. The Hall–Kier alpha value is -3.65.